The van der Waals surface area contributed by atoms with E-state index < -0.39 is 14.9 Å². The van der Waals surface area contributed by atoms with Crippen molar-refractivity contribution in [1.82, 2.24) is 5.32 Å². The molecule has 6 heteroatoms. The van der Waals surface area contributed by atoms with Crippen LogP contribution in [0.3, 0.4) is 0 Å². The smallest absolute Gasteiger partial charge is 0.270 e. The van der Waals surface area contributed by atoms with Gasteiger partial charge < -0.3 is 5.32 Å². The zero-order chi connectivity index (χ0) is 13.7. The maximum atomic E-state index is 11.2. The van der Waals surface area contributed by atoms with Crippen molar-refractivity contribution >= 4 is 16.0 Å². The lowest BCUT2D eigenvalue weighted by molar-refractivity contribution is -0.116. The third-order valence-corrected chi connectivity index (χ3v) is 4.88. The van der Waals surface area contributed by atoms with Crippen molar-refractivity contribution in [2.45, 2.75) is 38.4 Å². The Morgan fingerprint density at radius 2 is 2.06 bits per heavy atom. The molecule has 0 saturated carbocycles. The summed E-state index contributed by atoms with van der Waals surface area (Å²) in [6.07, 6.45) is 2.44. The molecular weight excluding hydrogens is 242 g/mol. The average Bonchev–Trinajstić information content (AvgIpc) is 2.21. The maximum absolute atomic E-state index is 11.2. The molecule has 100 valence electrons. The maximum Gasteiger partial charge on any atom is 0.270 e. The Balaban J connectivity index is 4.15. The molecule has 0 radical (unpaired) electrons. The van der Waals surface area contributed by atoms with E-state index in [0.717, 1.165) is 0 Å². The Morgan fingerprint density at radius 1 is 1.53 bits per heavy atom. The van der Waals surface area contributed by atoms with Crippen molar-refractivity contribution in [2.75, 3.05) is 6.54 Å². The van der Waals surface area contributed by atoms with Crippen LogP contribution in [0, 0.1) is 5.92 Å². The van der Waals surface area contributed by atoms with Crippen LogP contribution >= 0.6 is 0 Å². The lowest BCUT2D eigenvalue weighted by Crippen LogP contribution is -2.38. The SMILES string of the molecule is C=CC(=O)NCCCC(C)C(C)(C)S(=O)(=O)O. The first-order valence-corrected chi connectivity index (χ1v) is 6.94. The number of amides is 1. The van der Waals surface area contributed by atoms with Gasteiger partial charge in [-0.3, -0.25) is 9.35 Å². The standard InChI is InChI=1S/C11H21NO4S/c1-5-10(13)12-8-6-7-9(2)11(3,4)17(14,15)16/h5,9H,1,6-8H2,2-4H3,(H,12,13)(H,14,15,16). The van der Waals surface area contributed by atoms with Gasteiger partial charge >= 0.3 is 0 Å². The molecule has 1 unspecified atom stereocenters. The average molecular weight is 263 g/mol. The quantitative estimate of drug-likeness (QED) is 0.413. The molecule has 0 aromatic rings. The summed E-state index contributed by atoms with van der Waals surface area (Å²) in [5.41, 5.74) is 0. The monoisotopic (exact) mass is 263 g/mol. The highest BCUT2D eigenvalue weighted by molar-refractivity contribution is 7.87. The van der Waals surface area contributed by atoms with Crippen LogP contribution in [0.25, 0.3) is 0 Å². The number of nitrogens with one attached hydrogen (secondary N) is 1. The molecule has 2 N–H and O–H groups in total. The van der Waals surface area contributed by atoms with Gasteiger partial charge in [-0.2, -0.15) is 8.42 Å². The summed E-state index contributed by atoms with van der Waals surface area (Å²) < 4.78 is 30.2. The van der Waals surface area contributed by atoms with E-state index in [4.69, 9.17) is 4.55 Å². The highest BCUT2D eigenvalue weighted by atomic mass is 32.2. The molecule has 0 fully saturated rings. The molecule has 0 heterocycles. The van der Waals surface area contributed by atoms with Gasteiger partial charge in [0.05, 0.1) is 4.75 Å². The Kier molecular flexibility index (Phi) is 5.84. The predicted molar refractivity (Wildman–Crippen MR) is 67.2 cm³/mol. The molecule has 0 spiro atoms. The summed E-state index contributed by atoms with van der Waals surface area (Å²) in [6, 6.07) is 0. The van der Waals surface area contributed by atoms with E-state index >= 15 is 0 Å². The van der Waals surface area contributed by atoms with Gasteiger partial charge in [0, 0.05) is 6.54 Å². The van der Waals surface area contributed by atoms with Crippen LogP contribution in [-0.2, 0) is 14.9 Å². The largest absolute Gasteiger partial charge is 0.353 e. The molecule has 1 atom stereocenters. The van der Waals surface area contributed by atoms with E-state index in [2.05, 4.69) is 11.9 Å². The number of carbonyl (C=O) groups excluding carboxylic acids is 1. The highest BCUT2D eigenvalue weighted by Crippen LogP contribution is 2.28. The van der Waals surface area contributed by atoms with Gasteiger partial charge in [0.25, 0.3) is 10.1 Å². The number of carbonyl (C=O) groups is 1. The Hall–Kier alpha value is -0.880. The molecule has 5 nitrogen and oxygen atoms in total. The van der Waals surface area contributed by atoms with E-state index in [1.54, 1.807) is 6.92 Å². The molecule has 0 saturated heterocycles. The van der Waals surface area contributed by atoms with Crippen molar-refractivity contribution in [2.24, 2.45) is 5.92 Å². The van der Waals surface area contributed by atoms with Crippen molar-refractivity contribution in [3.63, 3.8) is 0 Å². The minimum absolute atomic E-state index is 0.196. The van der Waals surface area contributed by atoms with Crippen LogP contribution in [0.4, 0.5) is 0 Å². The first kappa shape index (κ1) is 16.1. The summed E-state index contributed by atoms with van der Waals surface area (Å²) >= 11 is 0. The van der Waals surface area contributed by atoms with Crippen LogP contribution < -0.4 is 5.32 Å². The van der Waals surface area contributed by atoms with Gasteiger partial charge in [-0.1, -0.05) is 13.5 Å². The summed E-state index contributed by atoms with van der Waals surface area (Å²) in [5.74, 6) is -0.440. The third kappa shape index (κ3) is 4.87. The van der Waals surface area contributed by atoms with Gasteiger partial charge in [-0.25, -0.2) is 0 Å². The molecule has 0 aromatic heterocycles. The zero-order valence-corrected chi connectivity index (χ0v) is 11.4. The van der Waals surface area contributed by atoms with Gasteiger partial charge in [-0.15, -0.1) is 0 Å². The van der Waals surface area contributed by atoms with E-state index in [1.807, 2.05) is 0 Å². The fourth-order valence-electron chi connectivity index (χ4n) is 1.29. The van der Waals surface area contributed by atoms with Crippen molar-refractivity contribution in [1.29, 1.82) is 0 Å². The first-order valence-electron chi connectivity index (χ1n) is 5.50. The van der Waals surface area contributed by atoms with Crippen molar-refractivity contribution in [3.8, 4) is 0 Å². The normalized spacial score (nSPS) is 14.1. The Labute approximate surface area is 103 Å². The molecule has 0 aliphatic rings. The lowest BCUT2D eigenvalue weighted by Gasteiger charge is -2.28. The topological polar surface area (TPSA) is 83.5 Å². The highest BCUT2D eigenvalue weighted by Gasteiger charge is 2.37. The van der Waals surface area contributed by atoms with Crippen LogP contribution in [0.2, 0.25) is 0 Å². The minimum atomic E-state index is -4.06. The van der Waals surface area contributed by atoms with Gasteiger partial charge in [0.2, 0.25) is 5.91 Å². The van der Waals surface area contributed by atoms with Gasteiger partial charge in [0.1, 0.15) is 0 Å². The Morgan fingerprint density at radius 3 is 2.47 bits per heavy atom. The van der Waals surface area contributed by atoms with Crippen LogP contribution in [0.15, 0.2) is 12.7 Å². The van der Waals surface area contributed by atoms with E-state index in [0.29, 0.717) is 19.4 Å². The van der Waals surface area contributed by atoms with Crippen molar-refractivity contribution < 1.29 is 17.8 Å². The molecule has 1 amide bonds. The molecule has 0 aliphatic heterocycles. The van der Waals surface area contributed by atoms with Gasteiger partial charge in [-0.05, 0) is 38.7 Å². The predicted octanol–water partition coefficient (Wildman–Crippen LogP) is 1.37. The molecule has 0 bridgehead atoms. The number of hydrogen-bond acceptors (Lipinski definition) is 3. The van der Waals surface area contributed by atoms with E-state index in [1.165, 1.54) is 19.9 Å². The fraction of sp³-hybridized carbons (Fsp3) is 0.727. The first-order chi connectivity index (χ1) is 7.63. The summed E-state index contributed by atoms with van der Waals surface area (Å²) in [4.78, 5) is 10.8. The number of rotatable bonds is 7. The van der Waals surface area contributed by atoms with Crippen LogP contribution in [0.5, 0.6) is 0 Å². The second kappa shape index (κ2) is 6.16. The summed E-state index contributed by atoms with van der Waals surface area (Å²) in [5, 5.41) is 2.61. The number of hydrogen-bond donors (Lipinski definition) is 2. The molecule has 0 rings (SSSR count). The fourth-order valence-corrected chi connectivity index (χ4v) is 1.92. The molecule has 17 heavy (non-hydrogen) atoms. The minimum Gasteiger partial charge on any atom is -0.353 e. The van der Waals surface area contributed by atoms with Crippen LogP contribution in [-0.4, -0.2) is 30.2 Å². The zero-order valence-electron chi connectivity index (χ0n) is 10.6. The van der Waals surface area contributed by atoms with E-state index in [-0.39, 0.29) is 11.8 Å². The lowest BCUT2D eigenvalue weighted by atomic mass is 9.92. The molecular formula is C11H21NO4S. The summed E-state index contributed by atoms with van der Waals surface area (Å²) in [7, 11) is -4.06. The summed E-state index contributed by atoms with van der Waals surface area (Å²) in [6.45, 7) is 8.55. The second-order valence-corrected chi connectivity index (χ2v) is 6.62. The Bertz CT molecular complexity index is 373. The molecule has 0 aliphatic carbocycles. The third-order valence-electron chi connectivity index (χ3n) is 3.15. The molecule has 0 aromatic carbocycles. The van der Waals surface area contributed by atoms with Gasteiger partial charge in [0.15, 0.2) is 0 Å². The van der Waals surface area contributed by atoms with E-state index in [9.17, 15) is 13.2 Å². The van der Waals surface area contributed by atoms with Crippen LogP contribution in [0.1, 0.15) is 33.6 Å². The van der Waals surface area contributed by atoms with Crippen molar-refractivity contribution in [3.05, 3.63) is 12.7 Å². The second-order valence-electron chi connectivity index (χ2n) is 4.62.